The van der Waals surface area contributed by atoms with Gasteiger partial charge in [-0.25, -0.2) is 22.5 Å². The molecule has 302 valence electrons. The lowest BCUT2D eigenvalue weighted by Crippen LogP contribution is -2.69. The van der Waals surface area contributed by atoms with Crippen molar-refractivity contribution >= 4 is 22.6 Å². The van der Waals surface area contributed by atoms with E-state index in [1.807, 2.05) is 21.6 Å². The smallest absolute Gasteiger partial charge is 0.287 e. The predicted molar refractivity (Wildman–Crippen MR) is 198 cm³/mol. The molecular formula is C43H50F6N4O3. The number of fused-ring (bicyclic) bond motifs is 1. The Kier molecular flexibility index (Phi) is 9.13. The standard InChI is InChI=1S/C43H50F6N4O3/c1-24(54)43(27-16-25-15-26(18-27)19-28(43)17-25)51-39(55)34-9-10-36(50-38(34)40(2,44)45)35-21-53(30-11-13-41(46,47)14-12-30)37-20-32(7-8-33(35)37)56-31-5-3-29(4-6-31)52-22-42(48,49)23-52/h7-10,20-21,25-31H,3-6,11-19,22-23H2,1-2H3,(H,51,55)/t25?,26?,27?,28?,29-,31-,43?. The molecule has 1 aliphatic heterocycles. The van der Waals surface area contributed by atoms with Gasteiger partial charge in [0.05, 0.1) is 36.0 Å². The van der Waals surface area contributed by atoms with Crippen molar-refractivity contribution in [3.05, 3.63) is 47.8 Å². The van der Waals surface area contributed by atoms with Gasteiger partial charge in [0, 0.05) is 55.1 Å². The fourth-order valence-electron chi connectivity index (χ4n) is 11.8. The van der Waals surface area contributed by atoms with E-state index in [2.05, 4.69) is 10.3 Å². The minimum absolute atomic E-state index is 0.0195. The number of pyridine rings is 1. The number of rotatable bonds is 9. The Morgan fingerprint density at radius 1 is 0.839 bits per heavy atom. The van der Waals surface area contributed by atoms with Gasteiger partial charge in [-0.1, -0.05) is 0 Å². The lowest BCUT2D eigenvalue weighted by Gasteiger charge is -2.60. The van der Waals surface area contributed by atoms with Gasteiger partial charge in [-0.05, 0) is 125 Å². The van der Waals surface area contributed by atoms with E-state index in [9.17, 15) is 27.2 Å². The van der Waals surface area contributed by atoms with E-state index in [0.717, 1.165) is 44.9 Å². The average Bonchev–Trinajstić information content (AvgIpc) is 3.50. The van der Waals surface area contributed by atoms with Crippen LogP contribution < -0.4 is 10.1 Å². The number of alkyl halides is 6. The van der Waals surface area contributed by atoms with Crippen molar-refractivity contribution in [2.75, 3.05) is 13.1 Å². The molecule has 6 saturated carbocycles. The first-order chi connectivity index (χ1) is 26.5. The van der Waals surface area contributed by atoms with E-state index in [1.54, 1.807) is 18.3 Å². The third kappa shape index (κ3) is 6.71. The van der Waals surface area contributed by atoms with E-state index in [4.69, 9.17) is 4.74 Å². The molecule has 1 saturated heterocycles. The Morgan fingerprint density at radius 3 is 2.07 bits per heavy atom. The highest BCUT2D eigenvalue weighted by atomic mass is 19.3. The molecule has 2 aromatic heterocycles. The molecule has 1 amide bonds. The summed E-state index contributed by atoms with van der Waals surface area (Å²) in [6.45, 7) is 1.82. The minimum Gasteiger partial charge on any atom is -0.490 e. The van der Waals surface area contributed by atoms with Gasteiger partial charge in [0.2, 0.25) is 5.92 Å². The van der Waals surface area contributed by atoms with Crippen molar-refractivity contribution in [1.29, 1.82) is 0 Å². The van der Waals surface area contributed by atoms with Crippen LogP contribution in [-0.4, -0.2) is 68.8 Å². The zero-order valence-corrected chi connectivity index (χ0v) is 31.9. The molecule has 4 bridgehead atoms. The quantitative estimate of drug-likeness (QED) is 0.219. The van der Waals surface area contributed by atoms with Crippen molar-refractivity contribution in [2.45, 2.75) is 139 Å². The van der Waals surface area contributed by atoms with Crippen LogP contribution in [0.1, 0.15) is 119 Å². The van der Waals surface area contributed by atoms with Gasteiger partial charge in [-0.2, -0.15) is 8.78 Å². The Bertz CT molecular complexity index is 1990. The number of aromatic nitrogens is 2. The third-order valence-corrected chi connectivity index (χ3v) is 14.4. The Labute approximate surface area is 322 Å². The van der Waals surface area contributed by atoms with Crippen LogP contribution in [0.5, 0.6) is 5.75 Å². The summed E-state index contributed by atoms with van der Waals surface area (Å²) in [4.78, 5) is 33.8. The molecule has 13 heteroatoms. The van der Waals surface area contributed by atoms with Crippen LogP contribution in [0.3, 0.4) is 0 Å². The molecule has 1 N–H and O–H groups in total. The van der Waals surface area contributed by atoms with E-state index < -0.39 is 34.9 Å². The Morgan fingerprint density at radius 2 is 1.48 bits per heavy atom. The number of benzene rings is 1. The van der Waals surface area contributed by atoms with Crippen molar-refractivity contribution < 1.29 is 40.7 Å². The lowest BCUT2D eigenvalue weighted by molar-refractivity contribution is -0.151. The number of hydrogen-bond acceptors (Lipinski definition) is 5. The van der Waals surface area contributed by atoms with Gasteiger partial charge in [0.25, 0.3) is 17.8 Å². The van der Waals surface area contributed by atoms with Crippen LogP contribution >= 0.6 is 0 Å². The Balaban J connectivity index is 1.02. The van der Waals surface area contributed by atoms with Crippen LogP contribution in [-0.2, 0) is 10.7 Å². The molecule has 7 nitrogen and oxygen atoms in total. The van der Waals surface area contributed by atoms with E-state index >= 15 is 8.78 Å². The summed E-state index contributed by atoms with van der Waals surface area (Å²) in [6, 6.07) is 8.25. The first kappa shape index (κ1) is 37.9. The molecule has 7 fully saturated rings. The molecule has 0 atom stereocenters. The van der Waals surface area contributed by atoms with Crippen LogP contribution in [0.25, 0.3) is 22.2 Å². The van der Waals surface area contributed by atoms with Gasteiger partial charge in [-0.15, -0.1) is 0 Å². The molecule has 0 radical (unpaired) electrons. The molecule has 10 rings (SSSR count). The van der Waals surface area contributed by atoms with E-state index in [1.165, 1.54) is 13.0 Å². The summed E-state index contributed by atoms with van der Waals surface area (Å²) in [7, 11) is 0. The first-order valence-electron chi connectivity index (χ1n) is 20.5. The van der Waals surface area contributed by atoms with Crippen LogP contribution in [0.15, 0.2) is 36.5 Å². The average molecular weight is 785 g/mol. The third-order valence-electron chi connectivity index (χ3n) is 14.4. The first-order valence-corrected chi connectivity index (χ1v) is 20.5. The second-order valence-corrected chi connectivity index (χ2v) is 18.2. The van der Waals surface area contributed by atoms with E-state index in [0.29, 0.717) is 53.8 Å². The van der Waals surface area contributed by atoms with Crippen molar-refractivity contribution in [3.8, 4) is 17.0 Å². The molecular weight excluding hydrogens is 734 g/mol. The van der Waals surface area contributed by atoms with Gasteiger partial charge in [0.1, 0.15) is 17.0 Å². The molecule has 3 heterocycles. The summed E-state index contributed by atoms with van der Waals surface area (Å²) in [5.41, 5.74) is -0.619. The maximum absolute atomic E-state index is 15.5. The summed E-state index contributed by atoms with van der Waals surface area (Å²) in [5.74, 6) is -8.11. The number of amides is 1. The number of ether oxygens (including phenoxy) is 1. The molecule has 0 spiro atoms. The molecule has 56 heavy (non-hydrogen) atoms. The minimum atomic E-state index is -3.50. The topological polar surface area (TPSA) is 76.5 Å². The number of nitrogens with one attached hydrogen (secondary N) is 1. The second-order valence-electron chi connectivity index (χ2n) is 18.2. The number of ketones is 1. The highest BCUT2D eigenvalue weighted by Crippen LogP contribution is 2.58. The molecule has 7 aliphatic rings. The highest BCUT2D eigenvalue weighted by Gasteiger charge is 2.60. The summed E-state index contributed by atoms with van der Waals surface area (Å²) in [5, 5.41) is 3.71. The largest absolute Gasteiger partial charge is 0.490 e. The number of nitrogens with zero attached hydrogens (tertiary/aromatic N) is 3. The SMILES string of the molecule is CC(=O)C1(NC(=O)c2ccc(-c3cn(C4CCC(F)(F)CC4)c4cc(O[C@H]5CC[C@H](N6CC(F)(F)C6)CC5)ccc34)nc2C(C)(F)F)C2CC3CC(C2)CC1C3. The van der Waals surface area contributed by atoms with Gasteiger partial charge < -0.3 is 14.6 Å². The molecule has 1 aromatic carbocycles. The van der Waals surface area contributed by atoms with Crippen molar-refractivity contribution in [3.63, 3.8) is 0 Å². The van der Waals surface area contributed by atoms with E-state index in [-0.39, 0.29) is 85.8 Å². The zero-order valence-electron chi connectivity index (χ0n) is 31.9. The number of hydrogen-bond donors (Lipinski definition) is 1. The normalized spacial score (nSPS) is 32.6. The number of likely N-dealkylation sites (tertiary alicyclic amines) is 1. The maximum Gasteiger partial charge on any atom is 0.287 e. The number of carbonyl (C=O) groups excluding carboxylic acids is 2. The molecule has 3 aromatic rings. The Hall–Kier alpha value is -3.61. The highest BCUT2D eigenvalue weighted by molar-refractivity contribution is 6.01. The fraction of sp³-hybridized carbons (Fsp3) is 0.651. The van der Waals surface area contributed by atoms with Gasteiger partial charge in [-0.3, -0.25) is 14.5 Å². The number of halogens is 6. The maximum atomic E-state index is 15.5. The lowest BCUT2D eigenvalue weighted by atomic mass is 9.47. The van der Waals surface area contributed by atoms with Gasteiger partial charge >= 0.3 is 0 Å². The zero-order chi connectivity index (χ0) is 39.4. The number of Topliss-reactive ketones (excluding diaryl/α,β-unsaturated/α-hetero) is 1. The molecule has 0 unspecified atom stereocenters. The summed E-state index contributed by atoms with van der Waals surface area (Å²) >= 11 is 0. The monoisotopic (exact) mass is 784 g/mol. The predicted octanol–water partition coefficient (Wildman–Crippen LogP) is 9.72. The molecule has 6 aliphatic carbocycles. The fourth-order valence-corrected chi connectivity index (χ4v) is 11.8. The van der Waals surface area contributed by atoms with Crippen molar-refractivity contribution in [1.82, 2.24) is 19.8 Å². The van der Waals surface area contributed by atoms with Gasteiger partial charge in [0.15, 0.2) is 5.78 Å². The van der Waals surface area contributed by atoms with Crippen molar-refractivity contribution in [2.24, 2.45) is 23.7 Å². The van der Waals surface area contributed by atoms with Crippen LogP contribution in [0.2, 0.25) is 0 Å². The summed E-state index contributed by atoms with van der Waals surface area (Å²) < 4.78 is 95.0. The second kappa shape index (κ2) is 13.5. The summed E-state index contributed by atoms with van der Waals surface area (Å²) in [6.07, 6.45) is 9.06. The van der Waals surface area contributed by atoms with Crippen LogP contribution in [0.4, 0.5) is 26.3 Å². The van der Waals surface area contributed by atoms with Crippen LogP contribution in [0, 0.1) is 23.7 Å². The number of carbonyl (C=O) groups is 2.